The molecule has 0 saturated carbocycles. The summed E-state index contributed by atoms with van der Waals surface area (Å²) in [5.74, 6) is 2.99. The first-order valence-corrected chi connectivity index (χ1v) is 7.83. The fraction of sp³-hybridized carbons (Fsp3) is 0.588. The van der Waals surface area contributed by atoms with Gasteiger partial charge in [0, 0.05) is 13.1 Å². The third kappa shape index (κ3) is 6.24. The van der Waals surface area contributed by atoms with Crippen LogP contribution in [0.1, 0.15) is 32.8 Å². The number of guanidine groups is 1. The number of hydrogen-bond donors (Lipinski definition) is 2. The summed E-state index contributed by atoms with van der Waals surface area (Å²) in [6, 6.07) is 5.87. The van der Waals surface area contributed by atoms with Crippen LogP contribution in [0.15, 0.2) is 23.2 Å². The molecule has 0 radical (unpaired) electrons. The Balaban J connectivity index is 2.68. The van der Waals surface area contributed by atoms with Gasteiger partial charge in [0.2, 0.25) is 0 Å². The highest BCUT2D eigenvalue weighted by Crippen LogP contribution is 2.27. The Morgan fingerprint density at radius 2 is 1.86 bits per heavy atom. The van der Waals surface area contributed by atoms with E-state index in [4.69, 9.17) is 9.47 Å². The van der Waals surface area contributed by atoms with Gasteiger partial charge in [0.15, 0.2) is 17.5 Å². The van der Waals surface area contributed by atoms with Crippen LogP contribution in [0.5, 0.6) is 11.5 Å². The molecule has 0 aliphatic heterocycles. The van der Waals surface area contributed by atoms with Crippen molar-refractivity contribution in [1.82, 2.24) is 10.6 Å². The summed E-state index contributed by atoms with van der Waals surface area (Å²) in [5.41, 5.74) is 1.08. The lowest BCUT2D eigenvalue weighted by atomic mass is 10.1. The number of benzene rings is 1. The number of aliphatic imine (C=N–C) groups is 1. The topological polar surface area (TPSA) is 54.9 Å². The van der Waals surface area contributed by atoms with Gasteiger partial charge in [-0.2, -0.15) is 0 Å². The Kier molecular flexibility index (Phi) is 8.18. The summed E-state index contributed by atoms with van der Waals surface area (Å²) in [6.45, 7) is 8.87. The second-order valence-electron chi connectivity index (χ2n) is 5.49. The van der Waals surface area contributed by atoms with Crippen LogP contribution in [-0.2, 0) is 6.54 Å². The minimum atomic E-state index is 0.595. The van der Waals surface area contributed by atoms with Gasteiger partial charge in [-0.15, -0.1) is 0 Å². The van der Waals surface area contributed by atoms with E-state index in [1.807, 2.05) is 18.2 Å². The van der Waals surface area contributed by atoms with Crippen LogP contribution in [0.4, 0.5) is 0 Å². The van der Waals surface area contributed by atoms with E-state index < -0.39 is 0 Å². The van der Waals surface area contributed by atoms with Crippen molar-refractivity contribution >= 4 is 5.96 Å². The van der Waals surface area contributed by atoms with Gasteiger partial charge in [-0.25, -0.2) is 4.99 Å². The normalized spacial score (nSPS) is 11.5. The highest BCUT2D eigenvalue weighted by Gasteiger charge is 2.05. The van der Waals surface area contributed by atoms with Crippen LogP contribution in [-0.4, -0.2) is 33.3 Å². The van der Waals surface area contributed by atoms with Crippen LogP contribution in [0.3, 0.4) is 0 Å². The molecule has 5 heteroatoms. The average molecular weight is 307 g/mol. The molecule has 1 aromatic carbocycles. The molecule has 0 fully saturated rings. The molecule has 1 rings (SSSR count). The lowest BCUT2D eigenvalue weighted by molar-refractivity contribution is 0.354. The van der Waals surface area contributed by atoms with Crippen molar-refractivity contribution in [3.8, 4) is 11.5 Å². The zero-order valence-electron chi connectivity index (χ0n) is 14.4. The molecule has 0 amide bonds. The molecule has 124 valence electrons. The molecule has 0 aliphatic carbocycles. The summed E-state index contributed by atoms with van der Waals surface area (Å²) in [6.07, 6.45) is 1.13. The Hall–Kier alpha value is -1.91. The van der Waals surface area contributed by atoms with E-state index in [1.54, 1.807) is 14.2 Å². The van der Waals surface area contributed by atoms with E-state index in [2.05, 4.69) is 36.4 Å². The van der Waals surface area contributed by atoms with Crippen LogP contribution in [0.2, 0.25) is 0 Å². The molecule has 0 aromatic heterocycles. The van der Waals surface area contributed by atoms with Gasteiger partial charge in [0.25, 0.3) is 0 Å². The van der Waals surface area contributed by atoms with Crippen molar-refractivity contribution in [1.29, 1.82) is 0 Å². The SMILES string of the molecule is CCNC(=NCc1ccc(OC)c(OC)c1)NCCC(C)C. The van der Waals surface area contributed by atoms with Crippen molar-refractivity contribution in [2.24, 2.45) is 10.9 Å². The van der Waals surface area contributed by atoms with Gasteiger partial charge in [0.1, 0.15) is 0 Å². The van der Waals surface area contributed by atoms with Gasteiger partial charge in [-0.05, 0) is 37.0 Å². The number of nitrogens with zero attached hydrogens (tertiary/aromatic N) is 1. The average Bonchev–Trinajstić information content (AvgIpc) is 2.51. The Morgan fingerprint density at radius 3 is 2.45 bits per heavy atom. The molecule has 0 bridgehead atoms. The Labute approximate surface area is 134 Å². The quantitative estimate of drug-likeness (QED) is 0.573. The Bertz CT molecular complexity index is 473. The zero-order valence-corrected chi connectivity index (χ0v) is 14.4. The summed E-state index contributed by atoms with van der Waals surface area (Å²) >= 11 is 0. The maximum Gasteiger partial charge on any atom is 0.191 e. The van der Waals surface area contributed by atoms with E-state index in [1.165, 1.54) is 0 Å². The monoisotopic (exact) mass is 307 g/mol. The van der Waals surface area contributed by atoms with Gasteiger partial charge >= 0.3 is 0 Å². The van der Waals surface area contributed by atoms with Gasteiger partial charge < -0.3 is 20.1 Å². The molecule has 22 heavy (non-hydrogen) atoms. The summed E-state index contributed by atoms with van der Waals surface area (Å²) < 4.78 is 10.6. The van der Waals surface area contributed by atoms with E-state index in [0.29, 0.717) is 12.5 Å². The van der Waals surface area contributed by atoms with Gasteiger partial charge in [0.05, 0.1) is 20.8 Å². The Morgan fingerprint density at radius 1 is 1.14 bits per heavy atom. The van der Waals surface area contributed by atoms with Crippen molar-refractivity contribution < 1.29 is 9.47 Å². The van der Waals surface area contributed by atoms with Crippen molar-refractivity contribution in [2.45, 2.75) is 33.7 Å². The van der Waals surface area contributed by atoms with Gasteiger partial charge in [-0.1, -0.05) is 19.9 Å². The maximum atomic E-state index is 5.32. The van der Waals surface area contributed by atoms with E-state index in [-0.39, 0.29) is 0 Å². The lowest BCUT2D eigenvalue weighted by Crippen LogP contribution is -2.38. The largest absolute Gasteiger partial charge is 0.493 e. The molecule has 0 spiro atoms. The molecule has 0 saturated heterocycles. The van der Waals surface area contributed by atoms with Crippen LogP contribution in [0, 0.1) is 5.92 Å². The third-order valence-electron chi connectivity index (χ3n) is 3.23. The smallest absolute Gasteiger partial charge is 0.191 e. The molecule has 1 aromatic rings. The molecule has 0 atom stereocenters. The molecule has 2 N–H and O–H groups in total. The second-order valence-corrected chi connectivity index (χ2v) is 5.49. The molecule has 5 nitrogen and oxygen atoms in total. The molecule has 0 unspecified atom stereocenters. The first kappa shape index (κ1) is 18.1. The molecule has 0 aliphatic rings. The lowest BCUT2D eigenvalue weighted by Gasteiger charge is -2.13. The van der Waals surface area contributed by atoms with Crippen LogP contribution < -0.4 is 20.1 Å². The number of rotatable bonds is 8. The van der Waals surface area contributed by atoms with E-state index in [9.17, 15) is 0 Å². The van der Waals surface area contributed by atoms with E-state index in [0.717, 1.165) is 42.5 Å². The summed E-state index contributed by atoms with van der Waals surface area (Å²) in [5, 5.41) is 6.62. The number of hydrogen-bond acceptors (Lipinski definition) is 3. The van der Waals surface area contributed by atoms with Gasteiger partial charge in [-0.3, -0.25) is 0 Å². The van der Waals surface area contributed by atoms with Crippen molar-refractivity contribution in [3.05, 3.63) is 23.8 Å². The maximum absolute atomic E-state index is 5.32. The predicted octanol–water partition coefficient (Wildman–Crippen LogP) is 2.81. The second kappa shape index (κ2) is 9.92. The number of ether oxygens (including phenoxy) is 2. The summed E-state index contributed by atoms with van der Waals surface area (Å²) in [4.78, 5) is 4.61. The first-order valence-electron chi connectivity index (χ1n) is 7.83. The highest BCUT2D eigenvalue weighted by atomic mass is 16.5. The minimum absolute atomic E-state index is 0.595. The standard InChI is InChI=1S/C17H29N3O2/c1-6-18-17(19-10-9-13(2)3)20-12-14-7-8-15(21-4)16(11-14)22-5/h7-8,11,13H,6,9-10,12H2,1-5H3,(H2,18,19,20). The predicted molar refractivity (Wildman–Crippen MR) is 91.8 cm³/mol. The zero-order chi connectivity index (χ0) is 16.4. The minimum Gasteiger partial charge on any atom is -0.493 e. The third-order valence-corrected chi connectivity index (χ3v) is 3.23. The van der Waals surface area contributed by atoms with Crippen LogP contribution in [0.25, 0.3) is 0 Å². The van der Waals surface area contributed by atoms with E-state index >= 15 is 0 Å². The summed E-state index contributed by atoms with van der Waals surface area (Å²) in [7, 11) is 3.28. The van der Waals surface area contributed by atoms with Crippen LogP contribution >= 0.6 is 0 Å². The first-order chi connectivity index (χ1) is 10.6. The molecule has 0 heterocycles. The molecular weight excluding hydrogens is 278 g/mol. The number of nitrogens with one attached hydrogen (secondary N) is 2. The fourth-order valence-corrected chi connectivity index (χ4v) is 1.97. The van der Waals surface area contributed by atoms with Crippen molar-refractivity contribution in [2.75, 3.05) is 27.3 Å². The molecular formula is C17H29N3O2. The number of methoxy groups -OCH3 is 2. The fourth-order valence-electron chi connectivity index (χ4n) is 1.97. The highest BCUT2D eigenvalue weighted by molar-refractivity contribution is 5.79. The van der Waals surface area contributed by atoms with Crippen molar-refractivity contribution in [3.63, 3.8) is 0 Å².